The summed E-state index contributed by atoms with van der Waals surface area (Å²) < 4.78 is 10.7. The number of aromatic nitrogens is 1. The second-order valence-corrected chi connectivity index (χ2v) is 7.48. The number of rotatable bonds is 7. The lowest BCUT2D eigenvalue weighted by Crippen LogP contribution is -2.43. The van der Waals surface area contributed by atoms with Gasteiger partial charge in [-0.25, -0.2) is 0 Å². The van der Waals surface area contributed by atoms with Crippen LogP contribution in [0.3, 0.4) is 0 Å². The zero-order chi connectivity index (χ0) is 19.3. The van der Waals surface area contributed by atoms with E-state index < -0.39 is 0 Å². The van der Waals surface area contributed by atoms with E-state index in [2.05, 4.69) is 10.3 Å². The SMILES string of the molecule is CCOC(=O)C1(CCCc2c(Cl)cnc3ccc(OC)cc23)CCNCC1.Cl.Cl. The molecule has 0 radical (unpaired) electrons. The lowest BCUT2D eigenvalue weighted by Gasteiger charge is -2.35. The summed E-state index contributed by atoms with van der Waals surface area (Å²) in [7, 11) is 1.65. The molecule has 1 aromatic heterocycles. The highest BCUT2D eigenvalue weighted by Gasteiger charge is 2.40. The molecule has 1 aliphatic rings. The molecule has 1 fully saturated rings. The molecule has 0 aliphatic carbocycles. The van der Waals surface area contributed by atoms with Crippen LogP contribution in [0.5, 0.6) is 5.75 Å². The van der Waals surface area contributed by atoms with Crippen LogP contribution in [0, 0.1) is 5.41 Å². The summed E-state index contributed by atoms with van der Waals surface area (Å²) >= 11 is 6.46. The summed E-state index contributed by atoms with van der Waals surface area (Å²) in [5.41, 5.74) is 1.58. The van der Waals surface area contributed by atoms with Crippen LogP contribution in [0.15, 0.2) is 24.4 Å². The molecule has 2 aromatic rings. The third-order valence-electron chi connectivity index (χ3n) is 5.49. The molecule has 0 amide bonds. The second-order valence-electron chi connectivity index (χ2n) is 7.07. The number of benzene rings is 1. The fourth-order valence-electron chi connectivity index (χ4n) is 3.93. The molecule has 8 heteroatoms. The van der Waals surface area contributed by atoms with Gasteiger partial charge in [-0.2, -0.15) is 0 Å². The van der Waals surface area contributed by atoms with Crippen molar-refractivity contribution in [2.45, 2.75) is 39.0 Å². The Labute approximate surface area is 189 Å². The zero-order valence-corrected chi connectivity index (χ0v) is 19.2. The van der Waals surface area contributed by atoms with E-state index in [1.165, 1.54) is 0 Å². The number of hydrogen-bond acceptors (Lipinski definition) is 5. The molecule has 1 N–H and O–H groups in total. The van der Waals surface area contributed by atoms with Crippen LogP contribution in [-0.2, 0) is 16.0 Å². The van der Waals surface area contributed by atoms with E-state index in [9.17, 15) is 4.79 Å². The van der Waals surface area contributed by atoms with Crippen LogP contribution in [0.25, 0.3) is 10.9 Å². The largest absolute Gasteiger partial charge is 0.497 e. The summed E-state index contributed by atoms with van der Waals surface area (Å²) in [6.07, 6.45) is 5.82. The maximum absolute atomic E-state index is 12.6. The van der Waals surface area contributed by atoms with Gasteiger partial charge in [0.1, 0.15) is 5.75 Å². The van der Waals surface area contributed by atoms with E-state index in [4.69, 9.17) is 21.1 Å². The van der Waals surface area contributed by atoms with Crippen molar-refractivity contribution in [3.05, 3.63) is 35.0 Å². The maximum Gasteiger partial charge on any atom is 0.312 e. The van der Waals surface area contributed by atoms with Crippen molar-refractivity contribution in [1.82, 2.24) is 10.3 Å². The van der Waals surface area contributed by atoms with E-state index >= 15 is 0 Å². The van der Waals surface area contributed by atoms with Crippen LogP contribution >= 0.6 is 36.4 Å². The van der Waals surface area contributed by atoms with Gasteiger partial charge in [0.25, 0.3) is 0 Å². The Morgan fingerprint density at radius 2 is 2.00 bits per heavy atom. The molecule has 0 unspecified atom stereocenters. The third-order valence-corrected chi connectivity index (χ3v) is 5.81. The number of fused-ring (bicyclic) bond motifs is 1. The van der Waals surface area contributed by atoms with Gasteiger partial charge in [-0.1, -0.05) is 11.6 Å². The highest BCUT2D eigenvalue weighted by atomic mass is 35.5. The Kier molecular flexibility index (Phi) is 10.5. The predicted octanol–water partition coefficient (Wildman–Crippen LogP) is 5.00. The van der Waals surface area contributed by atoms with Crippen molar-refractivity contribution in [1.29, 1.82) is 0 Å². The minimum Gasteiger partial charge on any atom is -0.497 e. The number of methoxy groups -OCH3 is 1. The first-order chi connectivity index (χ1) is 13.1. The molecular formula is C21H29Cl3N2O3. The number of carbonyl (C=O) groups is 1. The zero-order valence-electron chi connectivity index (χ0n) is 16.8. The number of aryl methyl sites for hydroxylation is 1. The van der Waals surface area contributed by atoms with Gasteiger partial charge in [0.15, 0.2) is 0 Å². The standard InChI is InChI=1S/C21H27ClN2O3.2ClH/c1-3-27-20(25)21(9-11-23-12-10-21)8-4-5-16-17-13-15(26-2)6-7-19(17)24-14-18(16)22;;/h6-7,13-14,23H,3-5,8-12H2,1-2H3;2*1H. The number of pyridine rings is 1. The van der Waals surface area contributed by atoms with E-state index in [-0.39, 0.29) is 36.2 Å². The molecule has 0 saturated carbocycles. The average molecular weight is 464 g/mol. The van der Waals surface area contributed by atoms with Crippen LogP contribution in [0.2, 0.25) is 5.02 Å². The predicted molar refractivity (Wildman–Crippen MR) is 122 cm³/mol. The first kappa shape index (κ1) is 25.8. The molecule has 5 nitrogen and oxygen atoms in total. The van der Waals surface area contributed by atoms with Crippen LogP contribution in [-0.4, -0.2) is 37.8 Å². The summed E-state index contributed by atoms with van der Waals surface area (Å²) in [5.74, 6) is 0.730. The maximum atomic E-state index is 12.6. The van der Waals surface area contributed by atoms with Crippen molar-refractivity contribution in [3.63, 3.8) is 0 Å². The average Bonchev–Trinajstić information content (AvgIpc) is 2.70. The number of halogens is 3. The first-order valence-electron chi connectivity index (χ1n) is 9.59. The lowest BCUT2D eigenvalue weighted by molar-refractivity contribution is -0.157. The highest BCUT2D eigenvalue weighted by molar-refractivity contribution is 6.32. The number of hydrogen-bond donors (Lipinski definition) is 1. The first-order valence-corrected chi connectivity index (χ1v) is 9.96. The summed E-state index contributed by atoms with van der Waals surface area (Å²) in [6, 6.07) is 5.83. The third kappa shape index (κ3) is 5.88. The van der Waals surface area contributed by atoms with Gasteiger partial charge < -0.3 is 14.8 Å². The van der Waals surface area contributed by atoms with Gasteiger partial charge in [-0.3, -0.25) is 9.78 Å². The molecule has 162 valence electrons. The van der Waals surface area contributed by atoms with E-state index in [1.54, 1.807) is 13.3 Å². The fourth-order valence-corrected chi connectivity index (χ4v) is 4.18. The number of nitrogens with zero attached hydrogens (tertiary/aromatic N) is 1. The van der Waals surface area contributed by atoms with Gasteiger partial charge in [0, 0.05) is 11.6 Å². The number of nitrogens with one attached hydrogen (secondary N) is 1. The molecule has 1 aliphatic heterocycles. The number of ether oxygens (including phenoxy) is 2. The molecule has 29 heavy (non-hydrogen) atoms. The van der Waals surface area contributed by atoms with Gasteiger partial charge >= 0.3 is 5.97 Å². The van der Waals surface area contributed by atoms with Crippen molar-refractivity contribution in [2.24, 2.45) is 5.41 Å². The summed E-state index contributed by atoms with van der Waals surface area (Å²) in [4.78, 5) is 17.0. The Morgan fingerprint density at radius 1 is 1.28 bits per heavy atom. The second kappa shape index (κ2) is 11.8. The minimum absolute atomic E-state index is 0. The normalized spacial score (nSPS) is 15.1. The van der Waals surface area contributed by atoms with Gasteiger partial charge in [-0.15, -0.1) is 24.8 Å². The Balaban J connectivity index is 0.00000210. The molecule has 0 bridgehead atoms. The van der Waals surface area contributed by atoms with Gasteiger partial charge in [0.2, 0.25) is 0 Å². The molecule has 3 rings (SSSR count). The molecule has 0 spiro atoms. The van der Waals surface area contributed by atoms with Crippen LogP contribution < -0.4 is 10.1 Å². The topological polar surface area (TPSA) is 60.5 Å². The quantitative estimate of drug-likeness (QED) is 0.586. The molecular weight excluding hydrogens is 435 g/mol. The smallest absolute Gasteiger partial charge is 0.312 e. The molecule has 1 aromatic carbocycles. The minimum atomic E-state index is -0.381. The molecule has 1 saturated heterocycles. The fraction of sp³-hybridized carbons (Fsp3) is 0.524. The Hall–Kier alpha value is -1.27. The van der Waals surface area contributed by atoms with Crippen molar-refractivity contribution in [2.75, 3.05) is 26.8 Å². The number of carbonyl (C=O) groups excluding carboxylic acids is 1. The van der Waals surface area contributed by atoms with Crippen LogP contribution in [0.1, 0.15) is 38.2 Å². The van der Waals surface area contributed by atoms with Crippen LogP contribution in [0.4, 0.5) is 0 Å². The number of piperidine rings is 1. The summed E-state index contributed by atoms with van der Waals surface area (Å²) in [6.45, 7) is 4.00. The molecule has 2 heterocycles. The van der Waals surface area contributed by atoms with Gasteiger partial charge in [0.05, 0.1) is 29.7 Å². The van der Waals surface area contributed by atoms with Crippen molar-refractivity contribution >= 4 is 53.3 Å². The van der Waals surface area contributed by atoms with E-state index in [0.717, 1.165) is 67.4 Å². The Bertz CT molecular complexity index is 811. The molecule has 0 atom stereocenters. The lowest BCUT2D eigenvalue weighted by atomic mass is 9.74. The van der Waals surface area contributed by atoms with Gasteiger partial charge in [-0.05, 0) is 75.9 Å². The summed E-state index contributed by atoms with van der Waals surface area (Å²) in [5, 5.41) is 5.01. The Morgan fingerprint density at radius 3 is 2.66 bits per heavy atom. The van der Waals surface area contributed by atoms with Crippen molar-refractivity contribution < 1.29 is 14.3 Å². The van der Waals surface area contributed by atoms with E-state index in [0.29, 0.717) is 11.6 Å². The van der Waals surface area contributed by atoms with Crippen molar-refractivity contribution in [3.8, 4) is 5.75 Å². The monoisotopic (exact) mass is 462 g/mol. The van der Waals surface area contributed by atoms with E-state index in [1.807, 2.05) is 25.1 Å². The number of esters is 1. The highest BCUT2D eigenvalue weighted by Crippen LogP contribution is 2.37.